The molecule has 4 heterocycles. The van der Waals surface area contributed by atoms with Gasteiger partial charge in [-0.3, -0.25) is 14.6 Å². The van der Waals surface area contributed by atoms with E-state index in [9.17, 15) is 4.79 Å². The molecule has 5 rings (SSSR count). The van der Waals surface area contributed by atoms with Gasteiger partial charge in [-0.2, -0.15) is 0 Å². The van der Waals surface area contributed by atoms with Crippen molar-refractivity contribution in [2.24, 2.45) is 0 Å². The molecule has 2 aliphatic heterocycles. The smallest absolute Gasteiger partial charge is 0.241 e. The Morgan fingerprint density at radius 2 is 1.88 bits per heavy atom. The maximum atomic E-state index is 12.8. The highest BCUT2D eigenvalue weighted by Crippen LogP contribution is 2.32. The van der Waals surface area contributed by atoms with Crippen LogP contribution in [0.1, 0.15) is 12.6 Å². The molecule has 1 atom stereocenters. The normalized spacial score (nSPS) is 17.9. The summed E-state index contributed by atoms with van der Waals surface area (Å²) in [5.41, 5.74) is 2.63. The number of piperazine rings is 1. The summed E-state index contributed by atoms with van der Waals surface area (Å²) < 4.78 is 13.1. The Bertz CT molecular complexity index is 1130. The molecule has 8 nitrogen and oxygen atoms in total. The SMILES string of the molecule is C[C@@H](C(=O)Nc1ccc2c(c1)OCCO2)N1CCN(Cc2cn3cc(Cl)ccc3n2)CC1. The third-order valence-electron chi connectivity index (χ3n) is 5.99. The number of halogens is 1. The number of fused-ring (bicyclic) bond motifs is 2. The molecule has 9 heteroatoms. The lowest BCUT2D eigenvalue weighted by Gasteiger charge is -2.37. The van der Waals surface area contributed by atoms with Crippen molar-refractivity contribution in [1.82, 2.24) is 19.2 Å². The number of rotatable bonds is 5. The summed E-state index contributed by atoms with van der Waals surface area (Å²) >= 11 is 6.06. The Kier molecular flexibility index (Phi) is 5.91. The lowest BCUT2D eigenvalue weighted by molar-refractivity contribution is -0.121. The number of hydrogen-bond donors (Lipinski definition) is 1. The Labute approximate surface area is 191 Å². The minimum atomic E-state index is -0.220. The van der Waals surface area contributed by atoms with Crippen LogP contribution in [0.15, 0.2) is 42.7 Å². The van der Waals surface area contributed by atoms with E-state index in [4.69, 9.17) is 21.1 Å². The number of pyridine rings is 1. The molecule has 32 heavy (non-hydrogen) atoms. The number of carbonyl (C=O) groups excluding carboxylic acids is 1. The Morgan fingerprint density at radius 1 is 1.09 bits per heavy atom. The average Bonchev–Trinajstić information content (AvgIpc) is 3.20. The van der Waals surface area contributed by atoms with Crippen LogP contribution < -0.4 is 14.8 Å². The van der Waals surface area contributed by atoms with Crippen LogP contribution in [-0.2, 0) is 11.3 Å². The van der Waals surface area contributed by atoms with Gasteiger partial charge in [-0.05, 0) is 31.2 Å². The quantitative estimate of drug-likeness (QED) is 0.638. The first-order valence-corrected chi connectivity index (χ1v) is 11.2. The van der Waals surface area contributed by atoms with E-state index >= 15 is 0 Å². The fourth-order valence-corrected chi connectivity index (χ4v) is 4.33. The molecule has 2 aliphatic rings. The number of hydrogen-bond acceptors (Lipinski definition) is 6. The molecule has 1 N–H and O–H groups in total. The zero-order valence-corrected chi connectivity index (χ0v) is 18.7. The molecule has 0 bridgehead atoms. The first kappa shape index (κ1) is 21.1. The second kappa shape index (κ2) is 8.97. The average molecular weight is 456 g/mol. The molecule has 1 amide bonds. The molecule has 3 aromatic rings. The molecule has 2 aromatic heterocycles. The molecule has 168 valence electrons. The number of imidazole rings is 1. The summed E-state index contributed by atoms with van der Waals surface area (Å²) in [5.74, 6) is 1.36. The molecule has 0 aliphatic carbocycles. The molecule has 1 fully saturated rings. The van der Waals surface area contributed by atoms with Crippen LogP contribution in [0.4, 0.5) is 5.69 Å². The summed E-state index contributed by atoms with van der Waals surface area (Å²) in [6.45, 7) is 7.23. The van der Waals surface area contributed by atoms with Gasteiger partial charge < -0.3 is 19.2 Å². The summed E-state index contributed by atoms with van der Waals surface area (Å²) in [7, 11) is 0. The third-order valence-corrected chi connectivity index (χ3v) is 6.22. The van der Waals surface area contributed by atoms with Gasteiger partial charge in [0, 0.05) is 56.9 Å². The minimum absolute atomic E-state index is 0.0210. The van der Waals surface area contributed by atoms with E-state index in [0.29, 0.717) is 29.7 Å². The maximum Gasteiger partial charge on any atom is 0.241 e. The van der Waals surface area contributed by atoms with Crippen LogP contribution >= 0.6 is 11.6 Å². The number of ether oxygens (including phenoxy) is 2. The van der Waals surface area contributed by atoms with Gasteiger partial charge in [-0.25, -0.2) is 4.98 Å². The highest BCUT2D eigenvalue weighted by Gasteiger charge is 2.26. The van der Waals surface area contributed by atoms with Gasteiger partial charge in [-0.15, -0.1) is 0 Å². The van der Waals surface area contributed by atoms with E-state index in [2.05, 4.69) is 20.1 Å². The van der Waals surface area contributed by atoms with E-state index in [0.717, 1.165) is 49.8 Å². The zero-order chi connectivity index (χ0) is 22.1. The predicted octanol–water partition coefficient (Wildman–Crippen LogP) is 2.90. The van der Waals surface area contributed by atoms with Crippen molar-refractivity contribution in [2.75, 3.05) is 44.7 Å². The van der Waals surface area contributed by atoms with Gasteiger partial charge in [0.05, 0.1) is 16.8 Å². The van der Waals surface area contributed by atoms with Crippen molar-refractivity contribution in [3.63, 3.8) is 0 Å². The molecule has 1 aromatic carbocycles. The van der Waals surface area contributed by atoms with Gasteiger partial charge in [0.2, 0.25) is 5.91 Å². The van der Waals surface area contributed by atoms with Crippen LogP contribution in [0.25, 0.3) is 5.65 Å². The van der Waals surface area contributed by atoms with Gasteiger partial charge >= 0.3 is 0 Å². The van der Waals surface area contributed by atoms with Crippen LogP contribution in [0.3, 0.4) is 0 Å². The van der Waals surface area contributed by atoms with Crippen LogP contribution in [0.5, 0.6) is 11.5 Å². The Balaban J connectivity index is 1.14. The lowest BCUT2D eigenvalue weighted by atomic mass is 10.2. The van der Waals surface area contributed by atoms with Crippen molar-refractivity contribution in [3.8, 4) is 11.5 Å². The van der Waals surface area contributed by atoms with E-state index in [-0.39, 0.29) is 11.9 Å². The van der Waals surface area contributed by atoms with Crippen LogP contribution in [-0.4, -0.2) is 70.5 Å². The van der Waals surface area contributed by atoms with Gasteiger partial charge in [0.25, 0.3) is 0 Å². The fourth-order valence-electron chi connectivity index (χ4n) is 4.16. The predicted molar refractivity (Wildman–Crippen MR) is 123 cm³/mol. The highest BCUT2D eigenvalue weighted by molar-refractivity contribution is 6.30. The molecule has 1 saturated heterocycles. The van der Waals surface area contributed by atoms with E-state index < -0.39 is 0 Å². The van der Waals surface area contributed by atoms with Crippen LogP contribution in [0.2, 0.25) is 5.02 Å². The maximum absolute atomic E-state index is 12.8. The summed E-state index contributed by atoms with van der Waals surface area (Å²) in [6.07, 6.45) is 3.89. The van der Waals surface area contributed by atoms with Crippen molar-refractivity contribution < 1.29 is 14.3 Å². The second-order valence-corrected chi connectivity index (χ2v) is 8.62. The van der Waals surface area contributed by atoms with Gasteiger partial charge in [-0.1, -0.05) is 11.6 Å². The molecular weight excluding hydrogens is 430 g/mol. The van der Waals surface area contributed by atoms with E-state index in [1.54, 1.807) is 0 Å². The second-order valence-electron chi connectivity index (χ2n) is 8.18. The van der Waals surface area contributed by atoms with Crippen molar-refractivity contribution in [3.05, 3.63) is 53.4 Å². The number of aromatic nitrogens is 2. The largest absolute Gasteiger partial charge is 0.486 e. The third kappa shape index (κ3) is 4.53. The minimum Gasteiger partial charge on any atom is -0.486 e. The first-order chi connectivity index (χ1) is 15.5. The number of carbonyl (C=O) groups is 1. The Hall–Kier alpha value is -2.81. The standard InChI is InChI=1S/C23H26ClN5O3/c1-16(23(30)26-18-3-4-20-21(12-18)32-11-10-31-20)28-8-6-27(7-9-28)14-19-15-29-13-17(24)2-5-22(29)25-19/h2-5,12-13,15-16H,6-11,14H2,1H3,(H,26,30)/t16-/m0/s1. The topological polar surface area (TPSA) is 71.3 Å². The summed E-state index contributed by atoms with van der Waals surface area (Å²) in [4.78, 5) is 22.1. The first-order valence-electron chi connectivity index (χ1n) is 10.9. The lowest BCUT2D eigenvalue weighted by Crippen LogP contribution is -2.52. The van der Waals surface area contributed by atoms with Crippen molar-refractivity contribution >= 4 is 28.8 Å². The molecule has 0 saturated carbocycles. The summed E-state index contributed by atoms with van der Waals surface area (Å²) in [6, 6.07) is 9.05. The number of amides is 1. The Morgan fingerprint density at radius 3 is 2.69 bits per heavy atom. The summed E-state index contributed by atoms with van der Waals surface area (Å²) in [5, 5.41) is 3.70. The van der Waals surface area contributed by atoms with E-state index in [1.165, 1.54) is 0 Å². The van der Waals surface area contributed by atoms with Gasteiger partial charge in [0.1, 0.15) is 18.9 Å². The number of nitrogens with one attached hydrogen (secondary N) is 1. The highest BCUT2D eigenvalue weighted by atomic mass is 35.5. The van der Waals surface area contributed by atoms with E-state index in [1.807, 2.05) is 54.0 Å². The fraction of sp³-hybridized carbons (Fsp3) is 0.391. The number of anilines is 1. The monoisotopic (exact) mass is 455 g/mol. The van der Waals surface area contributed by atoms with Crippen molar-refractivity contribution in [1.29, 1.82) is 0 Å². The molecular formula is C23H26ClN5O3. The van der Waals surface area contributed by atoms with Gasteiger partial charge in [0.15, 0.2) is 11.5 Å². The van der Waals surface area contributed by atoms with Crippen LogP contribution in [0, 0.1) is 0 Å². The molecule has 0 unspecified atom stereocenters. The molecule has 0 spiro atoms. The number of benzene rings is 1. The zero-order valence-electron chi connectivity index (χ0n) is 18.0. The number of nitrogens with zero attached hydrogens (tertiary/aromatic N) is 4. The van der Waals surface area contributed by atoms with Crippen molar-refractivity contribution in [2.45, 2.75) is 19.5 Å². The molecule has 0 radical (unpaired) electrons.